The average Bonchev–Trinajstić information content (AvgIpc) is 2.42. The van der Waals surface area contributed by atoms with Crippen molar-refractivity contribution in [3.8, 4) is 0 Å². The van der Waals surface area contributed by atoms with Crippen LogP contribution in [0.15, 0.2) is 0 Å². The fraction of sp³-hybridized carbons (Fsp3) is 0.867. The third-order valence-electron chi connectivity index (χ3n) is 4.11. The van der Waals surface area contributed by atoms with Gasteiger partial charge in [-0.15, -0.1) is 0 Å². The number of nitrogens with zero attached hydrogens (tertiary/aromatic N) is 1. The topological polar surface area (TPSA) is 49.4 Å². The maximum atomic E-state index is 12.0. The summed E-state index contributed by atoms with van der Waals surface area (Å²) >= 11 is 0. The largest absolute Gasteiger partial charge is 0.355 e. The van der Waals surface area contributed by atoms with Crippen LogP contribution in [0.3, 0.4) is 0 Å². The minimum absolute atomic E-state index is 0.0745. The number of hydrogen-bond donors (Lipinski definition) is 1. The van der Waals surface area contributed by atoms with E-state index < -0.39 is 0 Å². The number of nitrogens with one attached hydrogen (secondary N) is 1. The lowest BCUT2D eigenvalue weighted by Crippen LogP contribution is -2.49. The molecule has 1 heterocycles. The van der Waals surface area contributed by atoms with Gasteiger partial charge in [-0.05, 0) is 46.2 Å². The van der Waals surface area contributed by atoms with Crippen LogP contribution < -0.4 is 5.32 Å². The van der Waals surface area contributed by atoms with Crippen LogP contribution in [0.4, 0.5) is 0 Å². The third-order valence-corrected chi connectivity index (χ3v) is 4.11. The normalized spacial score (nSPS) is 19.1. The van der Waals surface area contributed by atoms with Crippen molar-refractivity contribution in [2.24, 2.45) is 5.92 Å². The van der Waals surface area contributed by atoms with Crippen LogP contribution in [0.25, 0.3) is 0 Å². The second-order valence-electron chi connectivity index (χ2n) is 5.60. The Morgan fingerprint density at radius 1 is 1.26 bits per heavy atom. The lowest BCUT2D eigenvalue weighted by Gasteiger charge is -2.34. The molecule has 0 bridgehead atoms. The number of rotatable bonds is 7. The fourth-order valence-corrected chi connectivity index (χ4v) is 2.59. The Balaban J connectivity index is 2.27. The SMILES string of the molecule is CCCCCNC(=O)C(C)N1CCC(C(C)=O)CC1. The van der Waals surface area contributed by atoms with Crippen LogP contribution in [0.5, 0.6) is 0 Å². The Kier molecular flexibility index (Phi) is 7.06. The monoisotopic (exact) mass is 268 g/mol. The van der Waals surface area contributed by atoms with Gasteiger partial charge in [-0.3, -0.25) is 14.5 Å². The first-order chi connectivity index (χ1) is 9.06. The average molecular weight is 268 g/mol. The highest BCUT2D eigenvalue weighted by Crippen LogP contribution is 2.19. The van der Waals surface area contributed by atoms with Gasteiger partial charge in [0, 0.05) is 12.5 Å². The van der Waals surface area contributed by atoms with Crippen LogP contribution in [0, 0.1) is 5.92 Å². The van der Waals surface area contributed by atoms with Gasteiger partial charge >= 0.3 is 0 Å². The zero-order valence-electron chi connectivity index (χ0n) is 12.6. The number of unbranched alkanes of at least 4 members (excludes halogenated alkanes) is 2. The summed E-state index contributed by atoms with van der Waals surface area (Å²) < 4.78 is 0. The first-order valence-electron chi connectivity index (χ1n) is 7.58. The molecular weight excluding hydrogens is 240 g/mol. The highest BCUT2D eigenvalue weighted by Gasteiger charge is 2.27. The van der Waals surface area contributed by atoms with Crippen molar-refractivity contribution in [3.63, 3.8) is 0 Å². The van der Waals surface area contributed by atoms with Crippen LogP contribution >= 0.6 is 0 Å². The summed E-state index contributed by atoms with van der Waals surface area (Å²) in [6.07, 6.45) is 5.18. The van der Waals surface area contributed by atoms with Gasteiger partial charge in [0.05, 0.1) is 6.04 Å². The highest BCUT2D eigenvalue weighted by molar-refractivity contribution is 5.81. The molecule has 4 heteroatoms. The summed E-state index contributed by atoms with van der Waals surface area (Å²) in [4.78, 5) is 25.5. The summed E-state index contributed by atoms with van der Waals surface area (Å²) in [5.41, 5.74) is 0. The predicted molar refractivity (Wildman–Crippen MR) is 77.0 cm³/mol. The number of Topliss-reactive ketones (excluding diaryl/α,β-unsaturated/α-hetero) is 1. The lowest BCUT2D eigenvalue weighted by atomic mass is 9.92. The van der Waals surface area contributed by atoms with Gasteiger partial charge in [-0.25, -0.2) is 0 Å². The summed E-state index contributed by atoms with van der Waals surface area (Å²) in [5.74, 6) is 0.616. The van der Waals surface area contributed by atoms with Gasteiger partial charge in [-0.2, -0.15) is 0 Å². The molecule has 1 unspecified atom stereocenters. The van der Waals surface area contributed by atoms with Crippen LogP contribution in [-0.2, 0) is 9.59 Å². The van der Waals surface area contributed by atoms with Gasteiger partial charge in [0.2, 0.25) is 5.91 Å². The summed E-state index contributed by atoms with van der Waals surface area (Å²) in [5, 5.41) is 3.00. The first kappa shape index (κ1) is 16.2. The smallest absolute Gasteiger partial charge is 0.237 e. The van der Waals surface area contributed by atoms with E-state index >= 15 is 0 Å². The van der Waals surface area contributed by atoms with Crippen LogP contribution in [-0.4, -0.2) is 42.3 Å². The zero-order valence-corrected chi connectivity index (χ0v) is 12.6. The summed E-state index contributed by atoms with van der Waals surface area (Å²) in [6.45, 7) is 8.28. The van der Waals surface area contributed by atoms with E-state index in [1.165, 1.54) is 12.8 Å². The zero-order chi connectivity index (χ0) is 14.3. The minimum Gasteiger partial charge on any atom is -0.355 e. The summed E-state index contributed by atoms with van der Waals surface area (Å²) in [6, 6.07) is -0.0745. The Hall–Kier alpha value is -0.900. The lowest BCUT2D eigenvalue weighted by molar-refractivity contribution is -0.127. The number of hydrogen-bond acceptors (Lipinski definition) is 3. The summed E-state index contributed by atoms with van der Waals surface area (Å²) in [7, 11) is 0. The van der Waals surface area contributed by atoms with Crippen molar-refractivity contribution >= 4 is 11.7 Å². The van der Waals surface area contributed by atoms with Gasteiger partial charge < -0.3 is 5.32 Å². The predicted octanol–water partition coefficient (Wildman–Crippen LogP) is 1.98. The molecule has 0 aliphatic carbocycles. The van der Waals surface area contributed by atoms with Crippen LogP contribution in [0.1, 0.15) is 52.9 Å². The molecule has 1 fully saturated rings. The molecule has 1 atom stereocenters. The molecule has 0 aromatic carbocycles. The van der Waals surface area contributed by atoms with Crippen molar-refractivity contribution in [2.45, 2.75) is 58.9 Å². The maximum Gasteiger partial charge on any atom is 0.237 e. The Labute approximate surface area is 116 Å². The number of piperidine rings is 1. The van der Waals surface area contributed by atoms with E-state index in [1.807, 2.05) is 6.92 Å². The number of amides is 1. The molecule has 1 aliphatic rings. The van der Waals surface area contributed by atoms with E-state index in [0.29, 0.717) is 0 Å². The molecule has 1 rings (SSSR count). The van der Waals surface area contributed by atoms with E-state index in [0.717, 1.165) is 38.9 Å². The van der Waals surface area contributed by atoms with Gasteiger partial charge in [-0.1, -0.05) is 19.8 Å². The van der Waals surface area contributed by atoms with E-state index in [-0.39, 0.29) is 23.7 Å². The molecule has 0 radical (unpaired) electrons. The maximum absolute atomic E-state index is 12.0. The molecule has 19 heavy (non-hydrogen) atoms. The van der Waals surface area contributed by atoms with Crippen molar-refractivity contribution in [3.05, 3.63) is 0 Å². The Morgan fingerprint density at radius 2 is 1.89 bits per heavy atom. The van der Waals surface area contributed by atoms with E-state index in [2.05, 4.69) is 17.1 Å². The van der Waals surface area contributed by atoms with Crippen LogP contribution in [0.2, 0.25) is 0 Å². The molecule has 1 N–H and O–H groups in total. The molecule has 1 aliphatic heterocycles. The molecule has 0 aromatic heterocycles. The molecule has 0 aromatic rings. The molecule has 0 spiro atoms. The number of likely N-dealkylation sites (tertiary alicyclic amines) is 1. The van der Waals surface area contributed by atoms with E-state index in [4.69, 9.17) is 0 Å². The Morgan fingerprint density at radius 3 is 2.42 bits per heavy atom. The van der Waals surface area contributed by atoms with Crippen molar-refractivity contribution < 1.29 is 9.59 Å². The van der Waals surface area contributed by atoms with Crippen molar-refractivity contribution in [1.29, 1.82) is 0 Å². The quantitative estimate of drug-likeness (QED) is 0.718. The number of ketones is 1. The molecule has 110 valence electrons. The second-order valence-corrected chi connectivity index (χ2v) is 5.60. The molecular formula is C15H28N2O2. The highest BCUT2D eigenvalue weighted by atomic mass is 16.2. The van der Waals surface area contributed by atoms with Crippen molar-refractivity contribution in [1.82, 2.24) is 10.2 Å². The minimum atomic E-state index is -0.0745. The van der Waals surface area contributed by atoms with Gasteiger partial charge in [0.15, 0.2) is 0 Å². The van der Waals surface area contributed by atoms with E-state index in [9.17, 15) is 9.59 Å². The van der Waals surface area contributed by atoms with E-state index in [1.54, 1.807) is 6.92 Å². The molecule has 1 amide bonds. The Bertz CT molecular complexity index is 297. The number of carbonyl (C=O) groups excluding carboxylic acids is 2. The molecule has 4 nitrogen and oxygen atoms in total. The second kappa shape index (κ2) is 8.31. The first-order valence-corrected chi connectivity index (χ1v) is 7.58. The van der Waals surface area contributed by atoms with Gasteiger partial charge in [0.25, 0.3) is 0 Å². The van der Waals surface area contributed by atoms with Gasteiger partial charge in [0.1, 0.15) is 5.78 Å². The molecule has 1 saturated heterocycles. The van der Waals surface area contributed by atoms with Crippen molar-refractivity contribution in [2.75, 3.05) is 19.6 Å². The molecule has 0 saturated carbocycles. The number of carbonyl (C=O) groups is 2. The fourth-order valence-electron chi connectivity index (χ4n) is 2.59. The standard InChI is InChI=1S/C15H28N2O2/c1-4-5-6-9-16-15(19)12(2)17-10-7-14(8-11-17)13(3)18/h12,14H,4-11H2,1-3H3,(H,16,19). The third kappa shape index (κ3) is 5.31.